The third kappa shape index (κ3) is 2.35. The number of benzene rings is 1. The van der Waals surface area contributed by atoms with E-state index in [0.717, 1.165) is 11.1 Å². The maximum atomic E-state index is 9.96. The van der Waals surface area contributed by atoms with Crippen LogP contribution in [0.3, 0.4) is 0 Å². The van der Waals surface area contributed by atoms with Crippen molar-refractivity contribution < 1.29 is 9.53 Å². The summed E-state index contributed by atoms with van der Waals surface area (Å²) in [6, 6.07) is 7.89. The highest BCUT2D eigenvalue weighted by Crippen LogP contribution is 2.13. The molecule has 82 valence electrons. The third-order valence-electron chi connectivity index (χ3n) is 2.33. The minimum absolute atomic E-state index is 0.231. The topological polar surface area (TPSA) is 51.0 Å². The predicted molar refractivity (Wildman–Crippen MR) is 60.2 cm³/mol. The summed E-state index contributed by atoms with van der Waals surface area (Å²) in [4.78, 5) is 17.8. The summed E-state index contributed by atoms with van der Waals surface area (Å²) in [6.45, 7) is 3.03. The molecule has 0 aliphatic carbocycles. The standard InChI is InChI=1S/C12H12N2O2/c1-9-7-16-12(14-9)11-4-2-10(3-5-11)6-13-8-15/h2-5,9H,6-7H2,1H3. The normalized spacial score (nSPS) is 18.6. The molecule has 16 heavy (non-hydrogen) atoms. The second kappa shape index (κ2) is 4.73. The number of rotatable bonds is 3. The fraction of sp³-hybridized carbons (Fsp3) is 0.333. The highest BCUT2D eigenvalue weighted by molar-refractivity contribution is 5.95. The summed E-state index contributed by atoms with van der Waals surface area (Å²) >= 11 is 0. The first-order valence-corrected chi connectivity index (χ1v) is 5.13. The van der Waals surface area contributed by atoms with Crippen LogP contribution in [0.5, 0.6) is 0 Å². The van der Waals surface area contributed by atoms with E-state index in [1.807, 2.05) is 31.2 Å². The van der Waals surface area contributed by atoms with E-state index in [0.29, 0.717) is 19.0 Å². The molecule has 1 atom stereocenters. The molecular weight excluding hydrogens is 204 g/mol. The first kappa shape index (κ1) is 10.6. The van der Waals surface area contributed by atoms with Crippen molar-refractivity contribution in [2.24, 2.45) is 9.98 Å². The van der Waals surface area contributed by atoms with Gasteiger partial charge in [0, 0.05) is 5.56 Å². The Morgan fingerprint density at radius 2 is 2.25 bits per heavy atom. The molecule has 0 saturated carbocycles. The molecule has 0 fully saturated rings. The molecule has 0 aromatic heterocycles. The Balaban J connectivity index is 2.13. The second-order valence-electron chi connectivity index (χ2n) is 3.70. The smallest absolute Gasteiger partial charge is 0.235 e. The van der Waals surface area contributed by atoms with Crippen molar-refractivity contribution in [2.75, 3.05) is 6.61 Å². The lowest BCUT2D eigenvalue weighted by atomic mass is 10.1. The van der Waals surface area contributed by atoms with Crippen LogP contribution in [-0.4, -0.2) is 24.6 Å². The van der Waals surface area contributed by atoms with Gasteiger partial charge in [0.15, 0.2) is 0 Å². The molecule has 2 rings (SSSR count). The summed E-state index contributed by atoms with van der Waals surface area (Å²) in [7, 11) is 0. The number of ether oxygens (including phenoxy) is 1. The zero-order valence-electron chi connectivity index (χ0n) is 9.01. The van der Waals surface area contributed by atoms with Crippen LogP contribution < -0.4 is 0 Å². The minimum Gasteiger partial charge on any atom is -0.475 e. The zero-order valence-corrected chi connectivity index (χ0v) is 9.01. The number of carbonyl (C=O) groups excluding carboxylic acids is 1. The van der Waals surface area contributed by atoms with E-state index in [4.69, 9.17) is 4.74 Å². The summed E-state index contributed by atoms with van der Waals surface area (Å²) in [5, 5.41) is 0. The van der Waals surface area contributed by atoms with E-state index in [1.54, 1.807) is 0 Å². The van der Waals surface area contributed by atoms with Gasteiger partial charge in [0.1, 0.15) is 6.61 Å². The molecule has 0 saturated heterocycles. The average molecular weight is 216 g/mol. The largest absolute Gasteiger partial charge is 0.475 e. The van der Waals surface area contributed by atoms with Gasteiger partial charge in [0.25, 0.3) is 0 Å². The van der Waals surface area contributed by atoms with Crippen LogP contribution in [0.15, 0.2) is 34.3 Å². The minimum atomic E-state index is 0.231. The third-order valence-corrected chi connectivity index (χ3v) is 2.33. The Bertz CT molecular complexity index is 445. The average Bonchev–Trinajstić information content (AvgIpc) is 2.74. The molecule has 0 amide bonds. The van der Waals surface area contributed by atoms with Crippen LogP contribution in [0.2, 0.25) is 0 Å². The fourth-order valence-corrected chi connectivity index (χ4v) is 1.51. The molecule has 1 aliphatic rings. The van der Waals surface area contributed by atoms with Gasteiger partial charge in [0.2, 0.25) is 12.0 Å². The van der Waals surface area contributed by atoms with Crippen LogP contribution in [0.4, 0.5) is 0 Å². The van der Waals surface area contributed by atoms with Crippen LogP contribution in [0.25, 0.3) is 0 Å². The number of hydrogen-bond donors (Lipinski definition) is 0. The van der Waals surface area contributed by atoms with Gasteiger partial charge in [-0.05, 0) is 24.6 Å². The first-order valence-electron chi connectivity index (χ1n) is 5.13. The van der Waals surface area contributed by atoms with E-state index in [9.17, 15) is 4.79 Å². The molecule has 1 aromatic carbocycles. The van der Waals surface area contributed by atoms with E-state index in [1.165, 1.54) is 6.08 Å². The SMILES string of the molecule is CC1COC(c2ccc(CN=C=O)cc2)=N1. The summed E-state index contributed by atoms with van der Waals surface area (Å²) < 4.78 is 5.44. The number of hydrogen-bond acceptors (Lipinski definition) is 4. The molecule has 0 spiro atoms. The summed E-state index contributed by atoms with van der Waals surface area (Å²) in [5.74, 6) is 0.693. The van der Waals surface area contributed by atoms with Crippen LogP contribution in [-0.2, 0) is 16.1 Å². The molecule has 1 aliphatic heterocycles. The maximum absolute atomic E-state index is 9.96. The lowest BCUT2D eigenvalue weighted by Gasteiger charge is -2.01. The second-order valence-corrected chi connectivity index (χ2v) is 3.70. The van der Waals surface area contributed by atoms with Crippen LogP contribution in [0.1, 0.15) is 18.1 Å². The Kier molecular flexibility index (Phi) is 3.13. The van der Waals surface area contributed by atoms with Crippen molar-refractivity contribution in [2.45, 2.75) is 19.5 Å². The van der Waals surface area contributed by atoms with Crippen molar-refractivity contribution in [3.8, 4) is 0 Å². The van der Waals surface area contributed by atoms with Gasteiger partial charge in [-0.1, -0.05) is 12.1 Å². The Labute approximate surface area is 93.7 Å². The molecule has 1 aromatic rings. The van der Waals surface area contributed by atoms with Gasteiger partial charge in [-0.3, -0.25) is 0 Å². The number of aliphatic imine (C=N–C) groups is 2. The quantitative estimate of drug-likeness (QED) is 0.570. The zero-order chi connectivity index (χ0) is 11.4. The van der Waals surface area contributed by atoms with Gasteiger partial charge < -0.3 is 4.74 Å². The number of nitrogens with zero attached hydrogens (tertiary/aromatic N) is 2. The van der Waals surface area contributed by atoms with E-state index < -0.39 is 0 Å². The Hall–Kier alpha value is -1.93. The highest BCUT2D eigenvalue weighted by atomic mass is 16.5. The van der Waals surface area contributed by atoms with Gasteiger partial charge in [0.05, 0.1) is 12.6 Å². The van der Waals surface area contributed by atoms with E-state index >= 15 is 0 Å². The van der Waals surface area contributed by atoms with E-state index in [-0.39, 0.29) is 6.04 Å². The lowest BCUT2D eigenvalue weighted by molar-refractivity contribution is 0.324. The summed E-state index contributed by atoms with van der Waals surface area (Å²) in [5.41, 5.74) is 1.93. The van der Waals surface area contributed by atoms with Gasteiger partial charge in [-0.25, -0.2) is 14.8 Å². The van der Waals surface area contributed by atoms with Crippen LogP contribution >= 0.6 is 0 Å². The monoisotopic (exact) mass is 216 g/mol. The van der Waals surface area contributed by atoms with Crippen molar-refractivity contribution in [1.82, 2.24) is 0 Å². The van der Waals surface area contributed by atoms with Gasteiger partial charge in [-0.2, -0.15) is 0 Å². The molecule has 0 bridgehead atoms. The molecule has 0 radical (unpaired) electrons. The number of isocyanates is 1. The Morgan fingerprint density at radius 1 is 1.50 bits per heavy atom. The molecular formula is C12H12N2O2. The molecule has 1 heterocycles. The van der Waals surface area contributed by atoms with Crippen molar-refractivity contribution in [1.29, 1.82) is 0 Å². The molecule has 4 nitrogen and oxygen atoms in total. The van der Waals surface area contributed by atoms with Crippen molar-refractivity contribution >= 4 is 12.0 Å². The van der Waals surface area contributed by atoms with Crippen molar-refractivity contribution in [3.63, 3.8) is 0 Å². The van der Waals surface area contributed by atoms with Gasteiger partial charge >= 0.3 is 0 Å². The molecule has 1 unspecified atom stereocenters. The predicted octanol–water partition coefficient (Wildman–Crippen LogP) is 1.69. The fourth-order valence-electron chi connectivity index (χ4n) is 1.51. The highest BCUT2D eigenvalue weighted by Gasteiger charge is 2.15. The summed E-state index contributed by atoms with van der Waals surface area (Å²) in [6.07, 6.45) is 1.52. The molecule has 0 N–H and O–H groups in total. The maximum Gasteiger partial charge on any atom is 0.235 e. The van der Waals surface area contributed by atoms with E-state index in [2.05, 4.69) is 9.98 Å². The Morgan fingerprint density at radius 3 is 2.81 bits per heavy atom. The first-order chi connectivity index (χ1) is 7.79. The molecule has 4 heteroatoms. The van der Waals surface area contributed by atoms with Crippen LogP contribution in [0, 0.1) is 0 Å². The lowest BCUT2D eigenvalue weighted by Crippen LogP contribution is -2.01. The van der Waals surface area contributed by atoms with Crippen molar-refractivity contribution in [3.05, 3.63) is 35.4 Å². The van der Waals surface area contributed by atoms with Gasteiger partial charge in [-0.15, -0.1) is 0 Å².